The molecule has 2 rings (SSSR count). The van der Waals surface area contributed by atoms with E-state index in [0.29, 0.717) is 11.0 Å². The molecule has 0 saturated heterocycles. The fourth-order valence-corrected chi connectivity index (χ4v) is 2.78. The average Bonchev–Trinajstić information content (AvgIpc) is 2.52. The van der Waals surface area contributed by atoms with E-state index in [1.165, 1.54) is 28.3 Å². The Labute approximate surface area is 119 Å². The Hall–Kier alpha value is -0.950. The fraction of sp³-hybridized carbons (Fsp3) is 0.364. The maximum Gasteiger partial charge on any atom is 0.408 e. The van der Waals surface area contributed by atoms with Gasteiger partial charge in [-0.15, -0.1) is 11.6 Å². The highest BCUT2D eigenvalue weighted by Crippen LogP contribution is 2.42. The van der Waals surface area contributed by atoms with Crippen LogP contribution in [0.5, 0.6) is 0 Å². The molecule has 1 aromatic carbocycles. The zero-order chi connectivity index (χ0) is 14.5. The first kappa shape index (κ1) is 14.5. The molecule has 0 N–H and O–H groups in total. The molecule has 1 unspecified atom stereocenters. The van der Waals surface area contributed by atoms with Crippen LogP contribution in [0, 0.1) is 0 Å². The highest BCUT2D eigenvalue weighted by molar-refractivity contribution is 9.10. The standard InChI is InChI=1S/C11H9BrClF3N2O/c1-17-7-3-5(9(13)11(14,15)16)6(12)4-8(7)18(2)10(17)19/h3-4,9H,1-2H3. The normalized spacial score (nSPS) is 14.1. The van der Waals surface area contributed by atoms with E-state index in [0.717, 1.165) is 0 Å². The first-order valence-electron chi connectivity index (χ1n) is 5.20. The minimum absolute atomic E-state index is 0.108. The van der Waals surface area contributed by atoms with Gasteiger partial charge in [-0.05, 0) is 17.7 Å². The lowest BCUT2D eigenvalue weighted by molar-refractivity contribution is -0.131. The second kappa shape index (κ2) is 4.56. The van der Waals surface area contributed by atoms with E-state index in [9.17, 15) is 18.0 Å². The third-order valence-corrected chi connectivity index (χ3v) is 4.12. The highest BCUT2D eigenvalue weighted by Gasteiger charge is 2.40. The summed E-state index contributed by atoms with van der Waals surface area (Å²) >= 11 is 8.51. The first-order chi connectivity index (χ1) is 8.64. The van der Waals surface area contributed by atoms with Crippen molar-refractivity contribution < 1.29 is 13.2 Å². The quantitative estimate of drug-likeness (QED) is 0.718. The maximum absolute atomic E-state index is 12.7. The Morgan fingerprint density at radius 1 is 1.21 bits per heavy atom. The number of rotatable bonds is 1. The fourth-order valence-electron chi connectivity index (χ4n) is 1.91. The molecule has 8 heteroatoms. The molecule has 0 saturated carbocycles. The minimum Gasteiger partial charge on any atom is -0.295 e. The highest BCUT2D eigenvalue weighted by atomic mass is 79.9. The van der Waals surface area contributed by atoms with E-state index < -0.39 is 11.6 Å². The topological polar surface area (TPSA) is 26.9 Å². The summed E-state index contributed by atoms with van der Waals surface area (Å²) in [7, 11) is 3.05. The summed E-state index contributed by atoms with van der Waals surface area (Å²) in [5.74, 6) is 0. The van der Waals surface area contributed by atoms with Crippen LogP contribution in [0.25, 0.3) is 11.0 Å². The summed E-state index contributed by atoms with van der Waals surface area (Å²) in [6.45, 7) is 0. The molecule has 2 aromatic rings. The predicted molar refractivity (Wildman–Crippen MR) is 70.5 cm³/mol. The first-order valence-corrected chi connectivity index (χ1v) is 6.43. The van der Waals surface area contributed by atoms with Crippen LogP contribution in [-0.4, -0.2) is 15.3 Å². The molecular weight excluding hydrogens is 348 g/mol. The molecule has 0 amide bonds. The zero-order valence-electron chi connectivity index (χ0n) is 9.92. The van der Waals surface area contributed by atoms with Crippen LogP contribution in [-0.2, 0) is 14.1 Å². The molecule has 0 aliphatic carbocycles. The number of nitrogens with zero attached hydrogens (tertiary/aromatic N) is 2. The monoisotopic (exact) mass is 356 g/mol. The van der Waals surface area contributed by atoms with Gasteiger partial charge in [0.1, 0.15) is 0 Å². The molecule has 104 valence electrons. The van der Waals surface area contributed by atoms with Gasteiger partial charge in [0.15, 0.2) is 5.38 Å². The summed E-state index contributed by atoms with van der Waals surface area (Å²) in [5.41, 5.74) is 0.523. The number of fused-ring (bicyclic) bond motifs is 1. The maximum atomic E-state index is 12.7. The van der Waals surface area contributed by atoms with Gasteiger partial charge in [0.25, 0.3) is 0 Å². The second-order valence-corrected chi connectivity index (χ2v) is 5.46. The number of hydrogen-bond acceptors (Lipinski definition) is 1. The molecule has 3 nitrogen and oxygen atoms in total. The summed E-state index contributed by atoms with van der Waals surface area (Å²) < 4.78 is 40.9. The van der Waals surface area contributed by atoms with Crippen LogP contribution in [0.2, 0.25) is 0 Å². The van der Waals surface area contributed by atoms with Crippen LogP contribution >= 0.6 is 27.5 Å². The summed E-state index contributed by atoms with van der Waals surface area (Å²) in [4.78, 5) is 11.7. The van der Waals surface area contributed by atoms with Gasteiger partial charge in [0.2, 0.25) is 0 Å². The Bertz CT molecular complexity index is 704. The molecule has 19 heavy (non-hydrogen) atoms. The van der Waals surface area contributed by atoms with Crippen molar-refractivity contribution in [3.05, 3.63) is 32.7 Å². The van der Waals surface area contributed by atoms with Gasteiger partial charge in [-0.3, -0.25) is 9.13 Å². The van der Waals surface area contributed by atoms with Crippen molar-refractivity contribution in [2.75, 3.05) is 0 Å². The molecule has 0 spiro atoms. The van der Waals surface area contributed by atoms with E-state index in [2.05, 4.69) is 15.9 Å². The van der Waals surface area contributed by atoms with Crippen LogP contribution in [0.4, 0.5) is 13.2 Å². The van der Waals surface area contributed by atoms with Crippen LogP contribution < -0.4 is 5.69 Å². The molecule has 0 radical (unpaired) electrons. The zero-order valence-corrected chi connectivity index (χ0v) is 12.3. The van der Waals surface area contributed by atoms with Crippen LogP contribution in [0.1, 0.15) is 10.9 Å². The Morgan fingerprint density at radius 3 is 2.16 bits per heavy atom. The SMILES string of the molecule is Cn1c(=O)n(C)c2cc(C(Cl)C(F)(F)F)c(Br)cc21. The Kier molecular flexibility index (Phi) is 3.47. The van der Waals surface area contributed by atoms with Crippen LogP contribution in [0.15, 0.2) is 21.4 Å². The number of hydrogen-bond donors (Lipinski definition) is 0. The molecule has 0 aliphatic heterocycles. The van der Waals surface area contributed by atoms with Crippen molar-refractivity contribution in [1.82, 2.24) is 9.13 Å². The number of halogens is 5. The summed E-state index contributed by atoms with van der Waals surface area (Å²) in [6, 6.07) is 2.75. The number of aryl methyl sites for hydroxylation is 2. The third kappa shape index (κ3) is 2.29. The Balaban J connectivity index is 2.76. The van der Waals surface area contributed by atoms with E-state index in [1.54, 1.807) is 7.05 Å². The number of aromatic nitrogens is 2. The average molecular weight is 358 g/mol. The van der Waals surface area contributed by atoms with Crippen molar-refractivity contribution in [1.29, 1.82) is 0 Å². The van der Waals surface area contributed by atoms with Gasteiger partial charge in [-0.2, -0.15) is 13.2 Å². The predicted octanol–water partition coefficient (Wildman–Crippen LogP) is 3.48. The van der Waals surface area contributed by atoms with E-state index >= 15 is 0 Å². The molecule has 0 aliphatic rings. The lowest BCUT2D eigenvalue weighted by Gasteiger charge is -2.15. The van der Waals surface area contributed by atoms with Crippen molar-refractivity contribution in [2.45, 2.75) is 11.6 Å². The smallest absolute Gasteiger partial charge is 0.295 e. The number of alkyl halides is 4. The lowest BCUT2D eigenvalue weighted by atomic mass is 10.1. The molecule has 0 fully saturated rings. The molecule has 1 aromatic heterocycles. The molecule has 1 heterocycles. The van der Waals surface area contributed by atoms with Crippen molar-refractivity contribution in [2.24, 2.45) is 14.1 Å². The molecule has 1 atom stereocenters. The van der Waals surface area contributed by atoms with E-state index in [1.807, 2.05) is 0 Å². The summed E-state index contributed by atoms with van der Waals surface area (Å²) in [5, 5.41) is -2.12. The van der Waals surface area contributed by atoms with Crippen LogP contribution in [0.3, 0.4) is 0 Å². The van der Waals surface area contributed by atoms with Gasteiger partial charge in [-0.25, -0.2) is 4.79 Å². The number of benzene rings is 1. The Morgan fingerprint density at radius 2 is 1.68 bits per heavy atom. The minimum atomic E-state index is -4.55. The molecular formula is C11H9BrClF3N2O. The second-order valence-electron chi connectivity index (χ2n) is 4.17. The van der Waals surface area contributed by atoms with Gasteiger partial charge in [0, 0.05) is 18.6 Å². The van der Waals surface area contributed by atoms with Crippen molar-refractivity contribution in [3.8, 4) is 0 Å². The van der Waals surface area contributed by atoms with Gasteiger partial charge >= 0.3 is 11.9 Å². The number of imidazole rings is 1. The largest absolute Gasteiger partial charge is 0.408 e. The van der Waals surface area contributed by atoms with Crippen molar-refractivity contribution in [3.63, 3.8) is 0 Å². The molecule has 0 bridgehead atoms. The summed E-state index contributed by atoms with van der Waals surface area (Å²) in [6.07, 6.45) is -4.55. The van der Waals surface area contributed by atoms with Gasteiger partial charge in [-0.1, -0.05) is 15.9 Å². The lowest BCUT2D eigenvalue weighted by Crippen LogP contribution is -2.19. The van der Waals surface area contributed by atoms with Gasteiger partial charge < -0.3 is 0 Å². The van der Waals surface area contributed by atoms with E-state index in [-0.39, 0.29) is 15.7 Å². The van der Waals surface area contributed by atoms with Crippen molar-refractivity contribution >= 4 is 38.6 Å². The van der Waals surface area contributed by atoms with Gasteiger partial charge in [0.05, 0.1) is 11.0 Å². The van der Waals surface area contributed by atoms with E-state index in [4.69, 9.17) is 11.6 Å². The third-order valence-electron chi connectivity index (χ3n) is 2.95.